The highest BCUT2D eigenvalue weighted by Gasteiger charge is 2.30. The average molecular weight is 356 g/mol. The zero-order chi connectivity index (χ0) is 18.1. The molecule has 6 heteroatoms. The van der Waals surface area contributed by atoms with Crippen LogP contribution in [0.1, 0.15) is 42.6 Å². The van der Waals surface area contributed by atoms with E-state index < -0.39 is 0 Å². The minimum Gasteiger partial charge on any atom is -0.368 e. The van der Waals surface area contributed by atoms with Gasteiger partial charge in [0.2, 0.25) is 0 Å². The molecule has 0 spiro atoms. The van der Waals surface area contributed by atoms with E-state index in [1.165, 1.54) is 11.1 Å². The van der Waals surface area contributed by atoms with Crippen LogP contribution in [-0.4, -0.2) is 52.6 Å². The van der Waals surface area contributed by atoms with Crippen LogP contribution in [0.2, 0.25) is 0 Å². The van der Waals surface area contributed by atoms with Gasteiger partial charge in [0, 0.05) is 25.7 Å². The van der Waals surface area contributed by atoms with Crippen LogP contribution in [0.5, 0.6) is 0 Å². The molecule has 0 bridgehead atoms. The minimum atomic E-state index is -0.193. The fourth-order valence-corrected chi connectivity index (χ4v) is 3.93. The maximum absolute atomic E-state index is 12.4. The Bertz CT molecular complexity index is 747. The molecular formula is C20H28N4O2. The Balaban J connectivity index is 1.29. The lowest BCUT2D eigenvalue weighted by atomic mass is 10.0. The summed E-state index contributed by atoms with van der Waals surface area (Å²) in [7, 11) is 0. The van der Waals surface area contributed by atoms with E-state index in [-0.39, 0.29) is 12.0 Å². The van der Waals surface area contributed by atoms with Gasteiger partial charge >= 0.3 is 0 Å². The van der Waals surface area contributed by atoms with Crippen molar-refractivity contribution >= 4 is 16.9 Å². The third kappa shape index (κ3) is 3.62. The van der Waals surface area contributed by atoms with Crippen LogP contribution in [0, 0.1) is 13.8 Å². The first-order valence-electron chi connectivity index (χ1n) is 9.70. The first-order chi connectivity index (χ1) is 12.6. The van der Waals surface area contributed by atoms with Gasteiger partial charge in [0.25, 0.3) is 5.91 Å². The lowest BCUT2D eigenvalue weighted by Crippen LogP contribution is -2.47. The van der Waals surface area contributed by atoms with Crippen LogP contribution in [0.3, 0.4) is 0 Å². The summed E-state index contributed by atoms with van der Waals surface area (Å²) in [6.07, 6.45) is 3.66. The quantitative estimate of drug-likeness (QED) is 0.883. The smallest absolute Gasteiger partial charge is 0.251 e. The van der Waals surface area contributed by atoms with E-state index in [9.17, 15) is 4.79 Å². The number of likely N-dealkylation sites (tertiary alicyclic amines) is 1. The topological polar surface area (TPSA) is 70.2 Å². The molecule has 26 heavy (non-hydrogen) atoms. The Morgan fingerprint density at radius 3 is 2.77 bits per heavy atom. The first kappa shape index (κ1) is 17.5. The van der Waals surface area contributed by atoms with Crippen LogP contribution >= 0.6 is 0 Å². The molecule has 140 valence electrons. The largest absolute Gasteiger partial charge is 0.368 e. The van der Waals surface area contributed by atoms with E-state index in [4.69, 9.17) is 9.72 Å². The van der Waals surface area contributed by atoms with Crippen molar-refractivity contribution in [2.45, 2.75) is 58.2 Å². The summed E-state index contributed by atoms with van der Waals surface area (Å²) in [4.78, 5) is 22.5. The molecule has 1 aromatic heterocycles. The summed E-state index contributed by atoms with van der Waals surface area (Å²) in [5.74, 6) is 1.16. The van der Waals surface area contributed by atoms with Crippen LogP contribution in [-0.2, 0) is 16.1 Å². The summed E-state index contributed by atoms with van der Waals surface area (Å²) in [5.41, 5.74) is 4.68. The van der Waals surface area contributed by atoms with Gasteiger partial charge in [-0.1, -0.05) is 0 Å². The molecule has 2 N–H and O–H groups in total. The number of imidazole rings is 1. The first-order valence-corrected chi connectivity index (χ1v) is 9.70. The third-order valence-corrected chi connectivity index (χ3v) is 5.72. The number of hydrogen-bond acceptors (Lipinski definition) is 4. The molecule has 4 rings (SSSR count). The highest BCUT2D eigenvalue weighted by atomic mass is 16.5. The number of benzene rings is 1. The maximum Gasteiger partial charge on any atom is 0.251 e. The van der Waals surface area contributed by atoms with Gasteiger partial charge in [-0.3, -0.25) is 4.79 Å². The van der Waals surface area contributed by atoms with Crippen molar-refractivity contribution in [2.24, 2.45) is 0 Å². The molecular weight excluding hydrogens is 328 g/mol. The molecule has 1 atom stereocenters. The Morgan fingerprint density at radius 1 is 1.27 bits per heavy atom. The van der Waals surface area contributed by atoms with Gasteiger partial charge in [-0.2, -0.15) is 0 Å². The van der Waals surface area contributed by atoms with Gasteiger partial charge in [0.1, 0.15) is 11.9 Å². The number of carbonyl (C=O) groups excluding carboxylic acids is 1. The number of aryl methyl sites for hydroxylation is 2. The van der Waals surface area contributed by atoms with Crippen molar-refractivity contribution in [3.63, 3.8) is 0 Å². The molecule has 2 aliphatic rings. The fraction of sp³-hybridized carbons (Fsp3) is 0.600. The van der Waals surface area contributed by atoms with E-state index >= 15 is 0 Å². The van der Waals surface area contributed by atoms with Crippen LogP contribution in [0.25, 0.3) is 11.0 Å². The number of rotatable bonds is 4. The molecule has 2 aromatic rings. The number of ether oxygens (including phenoxy) is 1. The zero-order valence-electron chi connectivity index (χ0n) is 15.7. The molecule has 1 amide bonds. The highest BCUT2D eigenvalue weighted by Crippen LogP contribution is 2.20. The molecule has 2 fully saturated rings. The number of hydrogen-bond donors (Lipinski definition) is 2. The number of nitrogens with zero attached hydrogens (tertiary/aromatic N) is 2. The standard InChI is InChI=1S/C20H28N4O2/c1-13-10-16-17(11-14(13)2)23-19(22-16)12-21-15-5-7-24(8-6-15)20(25)18-4-3-9-26-18/h10-11,15,18,21H,3-9,12H2,1-2H3,(H,22,23)/t18-/m1/s1. The highest BCUT2D eigenvalue weighted by molar-refractivity contribution is 5.81. The van der Waals surface area contributed by atoms with E-state index in [2.05, 4.69) is 36.3 Å². The maximum atomic E-state index is 12.4. The average Bonchev–Trinajstić information content (AvgIpc) is 3.30. The molecule has 0 radical (unpaired) electrons. The molecule has 1 aromatic carbocycles. The fourth-order valence-electron chi connectivity index (χ4n) is 3.93. The van der Waals surface area contributed by atoms with Gasteiger partial charge < -0.3 is 19.9 Å². The lowest BCUT2D eigenvalue weighted by Gasteiger charge is -2.33. The number of H-pyrrole nitrogens is 1. The normalized spacial score (nSPS) is 21.6. The molecule has 3 heterocycles. The summed E-state index contributed by atoms with van der Waals surface area (Å²) >= 11 is 0. The van der Waals surface area contributed by atoms with Crippen LogP contribution in [0.15, 0.2) is 12.1 Å². The number of carbonyl (C=O) groups is 1. The molecule has 2 aliphatic heterocycles. The van der Waals surface area contributed by atoms with E-state index in [1.54, 1.807) is 0 Å². The summed E-state index contributed by atoms with van der Waals surface area (Å²) in [6, 6.07) is 4.73. The number of fused-ring (bicyclic) bond motifs is 1. The Morgan fingerprint density at radius 2 is 2.04 bits per heavy atom. The minimum absolute atomic E-state index is 0.184. The Kier molecular flexibility index (Phi) is 4.96. The summed E-state index contributed by atoms with van der Waals surface area (Å²) in [6.45, 7) is 7.33. The monoisotopic (exact) mass is 356 g/mol. The Hall–Kier alpha value is -1.92. The van der Waals surface area contributed by atoms with Gasteiger partial charge in [0.15, 0.2) is 0 Å². The molecule has 0 saturated carbocycles. The number of piperidine rings is 1. The predicted octanol–water partition coefficient (Wildman–Crippen LogP) is 2.44. The molecule has 0 aliphatic carbocycles. The van der Waals surface area contributed by atoms with Crippen molar-refractivity contribution in [1.82, 2.24) is 20.2 Å². The van der Waals surface area contributed by atoms with Crippen molar-refractivity contribution in [3.05, 3.63) is 29.1 Å². The number of amides is 1. The van der Waals surface area contributed by atoms with Crippen molar-refractivity contribution in [3.8, 4) is 0 Å². The van der Waals surface area contributed by atoms with Gasteiger partial charge in [-0.05, 0) is 62.8 Å². The lowest BCUT2D eigenvalue weighted by molar-refractivity contribution is -0.142. The van der Waals surface area contributed by atoms with Crippen LogP contribution in [0.4, 0.5) is 0 Å². The third-order valence-electron chi connectivity index (χ3n) is 5.72. The van der Waals surface area contributed by atoms with Gasteiger partial charge in [-0.15, -0.1) is 0 Å². The van der Waals surface area contributed by atoms with Crippen molar-refractivity contribution < 1.29 is 9.53 Å². The molecule has 2 saturated heterocycles. The van der Waals surface area contributed by atoms with Gasteiger partial charge in [-0.25, -0.2) is 4.98 Å². The Labute approximate surface area is 154 Å². The van der Waals surface area contributed by atoms with E-state index in [1.807, 2.05) is 4.90 Å². The molecule has 0 unspecified atom stereocenters. The predicted molar refractivity (Wildman–Crippen MR) is 101 cm³/mol. The second-order valence-electron chi connectivity index (χ2n) is 7.62. The summed E-state index contributed by atoms with van der Waals surface area (Å²) in [5, 5.41) is 3.59. The van der Waals surface area contributed by atoms with Crippen LogP contribution < -0.4 is 5.32 Å². The second kappa shape index (κ2) is 7.37. The van der Waals surface area contributed by atoms with Crippen molar-refractivity contribution in [2.75, 3.05) is 19.7 Å². The van der Waals surface area contributed by atoms with Crippen molar-refractivity contribution in [1.29, 1.82) is 0 Å². The van der Waals surface area contributed by atoms with E-state index in [0.29, 0.717) is 6.04 Å². The van der Waals surface area contributed by atoms with E-state index in [0.717, 1.165) is 68.8 Å². The number of aromatic amines is 1. The SMILES string of the molecule is Cc1cc2nc(CNC3CCN(C(=O)[C@H]4CCCO4)CC3)[nH]c2cc1C. The summed E-state index contributed by atoms with van der Waals surface area (Å²) < 4.78 is 5.53. The second-order valence-corrected chi connectivity index (χ2v) is 7.62. The molecule has 6 nitrogen and oxygen atoms in total. The van der Waals surface area contributed by atoms with Gasteiger partial charge in [0.05, 0.1) is 17.6 Å². The number of aromatic nitrogens is 2. The zero-order valence-corrected chi connectivity index (χ0v) is 15.7. The number of nitrogens with one attached hydrogen (secondary N) is 2.